The maximum Gasteiger partial charge on any atom is 0.305 e. The monoisotopic (exact) mass is 343 g/mol. The Hall–Kier alpha value is -2.09. The molecule has 5 nitrogen and oxygen atoms in total. The molecule has 0 aliphatic carbocycles. The van der Waals surface area contributed by atoms with Gasteiger partial charge in [-0.2, -0.15) is 5.10 Å². The average molecular weight is 343 g/mol. The van der Waals surface area contributed by atoms with Crippen molar-refractivity contribution >= 4 is 29.5 Å². The van der Waals surface area contributed by atoms with Crippen LogP contribution in [-0.2, 0) is 9.53 Å². The summed E-state index contributed by atoms with van der Waals surface area (Å²) in [6.07, 6.45) is 4.25. The van der Waals surface area contributed by atoms with Crippen molar-refractivity contribution in [2.75, 3.05) is 13.7 Å². The lowest BCUT2D eigenvalue weighted by atomic mass is 10.2. The molecule has 0 radical (unpaired) electrons. The number of thiocarbonyl (C=S) groups is 1. The fraction of sp³-hybridized carbons (Fsp3) is 0.400. The molecule has 0 fully saturated rings. The third kappa shape index (κ3) is 8.20. The molecule has 0 spiro atoms. The first-order valence-electron chi connectivity index (χ1n) is 7.11. The molecule has 2 N–H and O–H groups in total. The molecular formula is C15H19F2N3O2S. The molecule has 0 amide bonds. The predicted molar refractivity (Wildman–Crippen MR) is 88.2 cm³/mol. The van der Waals surface area contributed by atoms with E-state index in [1.165, 1.54) is 19.4 Å². The minimum atomic E-state index is -0.929. The normalized spacial score (nSPS) is 10.6. The van der Waals surface area contributed by atoms with E-state index in [1.807, 2.05) is 0 Å². The average Bonchev–Trinajstić information content (AvgIpc) is 2.53. The number of unbranched alkanes of at least 4 members (excludes halogenated alkanes) is 2. The molecule has 1 aromatic carbocycles. The number of ether oxygens (including phenoxy) is 1. The second kappa shape index (κ2) is 10.6. The number of nitrogens with one attached hydrogen (secondary N) is 2. The smallest absolute Gasteiger partial charge is 0.305 e. The van der Waals surface area contributed by atoms with E-state index >= 15 is 0 Å². The largest absolute Gasteiger partial charge is 0.469 e. The summed E-state index contributed by atoms with van der Waals surface area (Å²) in [5.74, 6) is -2.04. The van der Waals surface area contributed by atoms with E-state index in [1.54, 1.807) is 0 Å². The van der Waals surface area contributed by atoms with Crippen LogP contribution in [0.3, 0.4) is 0 Å². The van der Waals surface area contributed by atoms with Gasteiger partial charge < -0.3 is 10.1 Å². The van der Waals surface area contributed by atoms with Crippen molar-refractivity contribution < 1.29 is 18.3 Å². The van der Waals surface area contributed by atoms with Crippen molar-refractivity contribution in [2.45, 2.75) is 25.7 Å². The highest BCUT2D eigenvalue weighted by Gasteiger charge is 2.01. The SMILES string of the molecule is COC(=O)CCCCCNC(=S)N/N=C\c1ccc(F)c(F)c1. The molecule has 0 bridgehead atoms. The summed E-state index contributed by atoms with van der Waals surface area (Å²) in [6.45, 7) is 0.647. The number of nitrogens with zero attached hydrogens (tertiary/aromatic N) is 1. The van der Waals surface area contributed by atoms with Crippen LogP contribution in [0, 0.1) is 11.6 Å². The standard InChI is InChI=1S/C15H19F2N3O2S/c1-22-14(21)5-3-2-4-8-18-15(23)20-19-10-11-6-7-12(16)13(17)9-11/h6-7,9-10H,2-5,8H2,1H3,(H2,18,20,23)/b19-10-. The number of hydrogen-bond donors (Lipinski definition) is 2. The predicted octanol–water partition coefficient (Wildman–Crippen LogP) is 2.50. The van der Waals surface area contributed by atoms with Crippen LogP contribution in [0.1, 0.15) is 31.2 Å². The zero-order valence-electron chi connectivity index (χ0n) is 12.8. The molecule has 0 heterocycles. The Bertz CT molecular complexity index is 568. The summed E-state index contributed by atoms with van der Waals surface area (Å²) in [5.41, 5.74) is 3.00. The number of carbonyl (C=O) groups is 1. The first kappa shape index (κ1) is 19.0. The minimum absolute atomic E-state index is 0.207. The summed E-state index contributed by atoms with van der Waals surface area (Å²) in [4.78, 5) is 10.9. The van der Waals surface area contributed by atoms with E-state index in [4.69, 9.17) is 12.2 Å². The Morgan fingerprint density at radius 3 is 2.78 bits per heavy atom. The highest BCUT2D eigenvalue weighted by atomic mass is 32.1. The molecule has 0 atom stereocenters. The summed E-state index contributed by atoms with van der Waals surface area (Å²) in [5, 5.41) is 7.11. The third-order valence-electron chi connectivity index (χ3n) is 2.89. The number of esters is 1. The lowest BCUT2D eigenvalue weighted by Crippen LogP contribution is -2.32. The van der Waals surface area contributed by atoms with Gasteiger partial charge in [-0.15, -0.1) is 0 Å². The summed E-state index contributed by atoms with van der Waals surface area (Å²) >= 11 is 5.01. The molecule has 1 rings (SSSR count). The zero-order valence-corrected chi connectivity index (χ0v) is 13.6. The fourth-order valence-electron chi connectivity index (χ4n) is 1.67. The Morgan fingerprint density at radius 2 is 2.09 bits per heavy atom. The molecule has 0 saturated heterocycles. The molecule has 1 aromatic rings. The van der Waals surface area contributed by atoms with Crippen molar-refractivity contribution in [1.29, 1.82) is 0 Å². The molecule has 8 heteroatoms. The third-order valence-corrected chi connectivity index (χ3v) is 3.13. The van der Waals surface area contributed by atoms with E-state index in [0.29, 0.717) is 23.6 Å². The van der Waals surface area contributed by atoms with Crippen LogP contribution in [0.4, 0.5) is 8.78 Å². The van der Waals surface area contributed by atoms with Gasteiger partial charge in [0.2, 0.25) is 0 Å². The molecular weight excluding hydrogens is 324 g/mol. The van der Waals surface area contributed by atoms with Crippen molar-refractivity contribution in [2.24, 2.45) is 5.10 Å². The van der Waals surface area contributed by atoms with Crippen LogP contribution < -0.4 is 10.7 Å². The molecule has 0 aromatic heterocycles. The zero-order chi connectivity index (χ0) is 17.1. The molecule has 0 aliphatic heterocycles. The van der Waals surface area contributed by atoms with E-state index in [-0.39, 0.29) is 5.97 Å². The van der Waals surface area contributed by atoms with Gasteiger partial charge in [-0.05, 0) is 42.8 Å². The van der Waals surface area contributed by atoms with Crippen LogP contribution in [0.25, 0.3) is 0 Å². The fourth-order valence-corrected chi connectivity index (χ4v) is 1.83. The lowest BCUT2D eigenvalue weighted by molar-refractivity contribution is -0.140. The number of hydrogen-bond acceptors (Lipinski definition) is 4. The summed E-state index contributed by atoms with van der Waals surface area (Å²) in [7, 11) is 1.37. The van der Waals surface area contributed by atoms with Crippen molar-refractivity contribution in [1.82, 2.24) is 10.7 Å². The highest BCUT2D eigenvalue weighted by molar-refractivity contribution is 7.80. The van der Waals surface area contributed by atoms with Gasteiger partial charge in [0.1, 0.15) is 0 Å². The van der Waals surface area contributed by atoms with Crippen molar-refractivity contribution in [3.05, 3.63) is 35.4 Å². The summed E-state index contributed by atoms with van der Waals surface area (Å²) in [6, 6.07) is 3.47. The molecule has 0 aliphatic rings. The Balaban J connectivity index is 2.15. The highest BCUT2D eigenvalue weighted by Crippen LogP contribution is 2.06. The Labute approximate surface area is 139 Å². The van der Waals surface area contributed by atoms with Crippen LogP contribution in [0.15, 0.2) is 23.3 Å². The number of methoxy groups -OCH3 is 1. The number of hydrazone groups is 1. The van der Waals surface area contributed by atoms with Crippen LogP contribution >= 0.6 is 12.2 Å². The van der Waals surface area contributed by atoms with Crippen LogP contribution in [0.5, 0.6) is 0 Å². The second-order valence-corrected chi connectivity index (χ2v) is 5.09. The van der Waals surface area contributed by atoms with Gasteiger partial charge in [0.15, 0.2) is 16.7 Å². The lowest BCUT2D eigenvalue weighted by Gasteiger charge is -2.06. The second-order valence-electron chi connectivity index (χ2n) is 4.69. The van der Waals surface area contributed by atoms with E-state index in [2.05, 4.69) is 20.6 Å². The van der Waals surface area contributed by atoms with Crippen molar-refractivity contribution in [3.63, 3.8) is 0 Å². The van der Waals surface area contributed by atoms with Gasteiger partial charge in [-0.1, -0.05) is 12.5 Å². The summed E-state index contributed by atoms with van der Waals surface area (Å²) < 4.78 is 30.3. The molecule has 0 saturated carbocycles. The first-order valence-corrected chi connectivity index (χ1v) is 7.52. The molecule has 23 heavy (non-hydrogen) atoms. The number of rotatable bonds is 8. The minimum Gasteiger partial charge on any atom is -0.469 e. The van der Waals surface area contributed by atoms with Gasteiger partial charge in [-0.3, -0.25) is 10.2 Å². The van der Waals surface area contributed by atoms with Gasteiger partial charge >= 0.3 is 5.97 Å². The van der Waals surface area contributed by atoms with Crippen molar-refractivity contribution in [3.8, 4) is 0 Å². The van der Waals surface area contributed by atoms with Gasteiger partial charge in [-0.25, -0.2) is 8.78 Å². The first-order chi connectivity index (χ1) is 11.0. The van der Waals surface area contributed by atoms with Gasteiger partial charge in [0.25, 0.3) is 0 Å². The van der Waals surface area contributed by atoms with Gasteiger partial charge in [0.05, 0.1) is 13.3 Å². The van der Waals surface area contributed by atoms with E-state index < -0.39 is 11.6 Å². The molecule has 126 valence electrons. The number of benzene rings is 1. The maximum absolute atomic E-state index is 13.0. The molecule has 0 unspecified atom stereocenters. The van der Waals surface area contributed by atoms with E-state index in [9.17, 15) is 13.6 Å². The van der Waals surface area contributed by atoms with E-state index in [0.717, 1.165) is 31.4 Å². The van der Waals surface area contributed by atoms with Crippen LogP contribution in [-0.4, -0.2) is 31.0 Å². The Kier molecular flexibility index (Phi) is 8.74. The van der Waals surface area contributed by atoms with Gasteiger partial charge in [0, 0.05) is 13.0 Å². The number of carbonyl (C=O) groups excluding carboxylic acids is 1. The number of halogens is 2. The van der Waals surface area contributed by atoms with Crippen LogP contribution in [0.2, 0.25) is 0 Å². The quantitative estimate of drug-likeness (QED) is 0.250. The Morgan fingerprint density at radius 1 is 1.30 bits per heavy atom. The maximum atomic E-state index is 13.0. The topological polar surface area (TPSA) is 62.7 Å².